The second kappa shape index (κ2) is 5.00. The fraction of sp³-hybridized carbons (Fsp3) is 0.500. The monoisotopic (exact) mass is 287 g/mol. The number of benzene rings is 1. The Kier molecular flexibility index (Phi) is 3.67. The molecule has 110 valence electrons. The zero-order valence-electron chi connectivity index (χ0n) is 11.2. The van der Waals surface area contributed by atoms with Gasteiger partial charge in [-0.2, -0.15) is 13.2 Å². The molecule has 0 aromatic heterocycles. The van der Waals surface area contributed by atoms with Crippen molar-refractivity contribution in [1.82, 2.24) is 0 Å². The Hall–Kier alpha value is -1.72. The minimum absolute atomic E-state index is 0.310. The fourth-order valence-electron chi connectivity index (χ4n) is 2.32. The van der Waals surface area contributed by atoms with Crippen LogP contribution in [0.25, 0.3) is 0 Å². The van der Waals surface area contributed by atoms with E-state index in [0.717, 1.165) is 12.5 Å². The van der Waals surface area contributed by atoms with E-state index in [0.29, 0.717) is 30.1 Å². The molecule has 1 aliphatic carbocycles. The maximum atomic E-state index is 12.6. The molecule has 0 saturated heterocycles. The number of anilines is 1. The number of nitrogens with zero attached hydrogens (tertiary/aromatic N) is 1. The summed E-state index contributed by atoms with van der Waals surface area (Å²) in [7, 11) is 1.71. The van der Waals surface area contributed by atoms with Gasteiger partial charge in [-0.05, 0) is 36.5 Å². The van der Waals surface area contributed by atoms with Crippen molar-refractivity contribution in [3.8, 4) is 0 Å². The number of halogens is 3. The third kappa shape index (κ3) is 3.05. The number of carboxylic acid groups (broad SMARTS) is 1. The maximum absolute atomic E-state index is 12.6. The van der Waals surface area contributed by atoms with Crippen molar-refractivity contribution in [2.75, 3.05) is 18.5 Å². The van der Waals surface area contributed by atoms with Gasteiger partial charge in [-0.25, -0.2) is 4.79 Å². The SMILES string of the molecule is CC1CC1CN(C)c1ccc(C(F)(F)F)cc1C(=O)O. The van der Waals surface area contributed by atoms with E-state index >= 15 is 0 Å². The van der Waals surface area contributed by atoms with Crippen LogP contribution in [0.4, 0.5) is 18.9 Å². The Balaban J connectivity index is 2.30. The summed E-state index contributed by atoms with van der Waals surface area (Å²) in [6.45, 7) is 2.76. The normalized spacial score (nSPS) is 21.6. The number of alkyl halides is 3. The van der Waals surface area contributed by atoms with Crippen molar-refractivity contribution in [1.29, 1.82) is 0 Å². The summed E-state index contributed by atoms with van der Waals surface area (Å²) >= 11 is 0. The maximum Gasteiger partial charge on any atom is 0.416 e. The van der Waals surface area contributed by atoms with Crippen molar-refractivity contribution in [2.24, 2.45) is 11.8 Å². The van der Waals surface area contributed by atoms with E-state index in [2.05, 4.69) is 6.92 Å². The fourth-order valence-corrected chi connectivity index (χ4v) is 2.32. The summed E-state index contributed by atoms with van der Waals surface area (Å²) in [5.74, 6) is -0.258. The van der Waals surface area contributed by atoms with Gasteiger partial charge >= 0.3 is 12.1 Å². The van der Waals surface area contributed by atoms with E-state index in [-0.39, 0.29) is 5.56 Å². The van der Waals surface area contributed by atoms with Crippen LogP contribution in [0, 0.1) is 11.8 Å². The summed E-state index contributed by atoms with van der Waals surface area (Å²) in [5, 5.41) is 9.11. The molecule has 1 fully saturated rings. The molecule has 1 N–H and O–H groups in total. The Labute approximate surface area is 115 Å². The van der Waals surface area contributed by atoms with E-state index < -0.39 is 17.7 Å². The Morgan fingerprint density at radius 3 is 2.50 bits per heavy atom. The topological polar surface area (TPSA) is 40.5 Å². The van der Waals surface area contributed by atoms with E-state index in [9.17, 15) is 18.0 Å². The number of hydrogen-bond donors (Lipinski definition) is 1. The van der Waals surface area contributed by atoms with Crippen LogP contribution in [0.5, 0.6) is 0 Å². The molecule has 0 heterocycles. The van der Waals surface area contributed by atoms with Gasteiger partial charge in [0, 0.05) is 13.6 Å². The lowest BCUT2D eigenvalue weighted by molar-refractivity contribution is -0.137. The first-order valence-electron chi connectivity index (χ1n) is 6.36. The van der Waals surface area contributed by atoms with Crippen molar-refractivity contribution >= 4 is 11.7 Å². The largest absolute Gasteiger partial charge is 0.478 e. The molecule has 1 aliphatic rings. The molecule has 1 saturated carbocycles. The Bertz CT molecular complexity index is 528. The van der Waals surface area contributed by atoms with Crippen LogP contribution >= 0.6 is 0 Å². The van der Waals surface area contributed by atoms with E-state index in [1.807, 2.05) is 0 Å². The molecule has 20 heavy (non-hydrogen) atoms. The average Bonchev–Trinajstić information content (AvgIpc) is 3.02. The molecule has 0 radical (unpaired) electrons. The van der Waals surface area contributed by atoms with Crippen LogP contribution in [0.1, 0.15) is 29.3 Å². The first kappa shape index (κ1) is 14.7. The summed E-state index contributed by atoms with van der Waals surface area (Å²) in [6.07, 6.45) is -3.46. The number of aromatic carboxylic acids is 1. The summed E-state index contributed by atoms with van der Waals surface area (Å²) in [6, 6.07) is 2.86. The van der Waals surface area contributed by atoms with Gasteiger partial charge in [0.05, 0.1) is 16.8 Å². The zero-order chi connectivity index (χ0) is 15.1. The lowest BCUT2D eigenvalue weighted by Gasteiger charge is -2.22. The highest BCUT2D eigenvalue weighted by atomic mass is 19.4. The van der Waals surface area contributed by atoms with E-state index in [1.165, 1.54) is 6.07 Å². The molecule has 0 amide bonds. The lowest BCUT2D eigenvalue weighted by atomic mass is 10.1. The van der Waals surface area contributed by atoms with Crippen molar-refractivity contribution in [3.63, 3.8) is 0 Å². The van der Waals surface area contributed by atoms with E-state index in [1.54, 1.807) is 11.9 Å². The molecule has 3 nitrogen and oxygen atoms in total. The van der Waals surface area contributed by atoms with Crippen molar-refractivity contribution in [3.05, 3.63) is 29.3 Å². The van der Waals surface area contributed by atoms with Crippen LogP contribution in [-0.2, 0) is 6.18 Å². The molecule has 6 heteroatoms. The minimum Gasteiger partial charge on any atom is -0.478 e. The molecule has 2 unspecified atom stereocenters. The van der Waals surface area contributed by atoms with Gasteiger partial charge in [-0.15, -0.1) is 0 Å². The smallest absolute Gasteiger partial charge is 0.416 e. The zero-order valence-corrected chi connectivity index (χ0v) is 11.2. The predicted octanol–water partition coefficient (Wildman–Crippen LogP) is 3.50. The van der Waals surface area contributed by atoms with Crippen LogP contribution < -0.4 is 4.90 Å². The first-order valence-corrected chi connectivity index (χ1v) is 6.36. The molecule has 2 rings (SSSR count). The van der Waals surface area contributed by atoms with E-state index in [4.69, 9.17) is 5.11 Å². The number of carbonyl (C=O) groups is 1. The highest BCUT2D eigenvalue weighted by Crippen LogP contribution is 2.39. The molecule has 0 aliphatic heterocycles. The van der Waals surface area contributed by atoms with Gasteiger partial charge in [0.1, 0.15) is 0 Å². The summed E-state index contributed by atoms with van der Waals surface area (Å²) < 4.78 is 37.9. The van der Waals surface area contributed by atoms with Gasteiger partial charge in [0.2, 0.25) is 0 Å². The number of rotatable bonds is 4. The van der Waals surface area contributed by atoms with Crippen molar-refractivity contribution in [2.45, 2.75) is 19.5 Å². The highest BCUT2D eigenvalue weighted by Gasteiger charge is 2.35. The number of carboxylic acids is 1. The molecule has 1 aromatic rings. The molecule has 0 bridgehead atoms. The van der Waals surface area contributed by atoms with Gasteiger partial charge < -0.3 is 10.0 Å². The lowest BCUT2D eigenvalue weighted by Crippen LogP contribution is -2.23. The van der Waals surface area contributed by atoms with Gasteiger partial charge in [-0.1, -0.05) is 6.92 Å². The van der Waals surface area contributed by atoms with Crippen LogP contribution in [0.15, 0.2) is 18.2 Å². The van der Waals surface area contributed by atoms with Crippen LogP contribution in [0.2, 0.25) is 0 Å². The summed E-state index contributed by atoms with van der Waals surface area (Å²) in [5.41, 5.74) is -0.924. The van der Waals surface area contributed by atoms with Crippen LogP contribution in [-0.4, -0.2) is 24.7 Å². The number of hydrogen-bond acceptors (Lipinski definition) is 2. The van der Waals surface area contributed by atoms with Crippen molar-refractivity contribution < 1.29 is 23.1 Å². The second-order valence-electron chi connectivity index (χ2n) is 5.39. The van der Waals surface area contributed by atoms with Crippen LogP contribution in [0.3, 0.4) is 0 Å². The highest BCUT2D eigenvalue weighted by molar-refractivity contribution is 5.94. The third-order valence-corrected chi connectivity index (χ3v) is 3.75. The Morgan fingerprint density at radius 1 is 1.45 bits per heavy atom. The second-order valence-corrected chi connectivity index (χ2v) is 5.39. The quantitative estimate of drug-likeness (QED) is 0.921. The Morgan fingerprint density at radius 2 is 2.05 bits per heavy atom. The predicted molar refractivity (Wildman–Crippen MR) is 68.9 cm³/mol. The average molecular weight is 287 g/mol. The van der Waals surface area contributed by atoms with Gasteiger partial charge in [0.25, 0.3) is 0 Å². The molecule has 2 atom stereocenters. The molecule has 0 spiro atoms. The molecular weight excluding hydrogens is 271 g/mol. The standard InChI is InChI=1S/C14H16F3NO2/c1-8-5-9(8)7-18(2)12-4-3-10(14(15,16)17)6-11(12)13(19)20/h3-4,6,8-9H,5,7H2,1-2H3,(H,19,20). The summed E-state index contributed by atoms with van der Waals surface area (Å²) in [4.78, 5) is 12.9. The minimum atomic E-state index is -4.54. The third-order valence-electron chi connectivity index (χ3n) is 3.75. The van der Waals surface area contributed by atoms with Gasteiger partial charge in [0.15, 0.2) is 0 Å². The molecular formula is C14H16F3NO2. The first-order chi connectivity index (χ1) is 9.20. The molecule has 1 aromatic carbocycles. The van der Waals surface area contributed by atoms with Gasteiger partial charge in [-0.3, -0.25) is 0 Å².